The van der Waals surface area contributed by atoms with E-state index in [2.05, 4.69) is 21.2 Å². The largest absolute Gasteiger partial charge is 0.338 e. The molecule has 0 saturated carbocycles. The van der Waals surface area contributed by atoms with Crippen molar-refractivity contribution in [2.45, 2.75) is 10.1 Å². The summed E-state index contributed by atoms with van der Waals surface area (Å²) in [6.07, 6.45) is 0. The van der Waals surface area contributed by atoms with Crippen molar-refractivity contribution in [2.24, 2.45) is 0 Å². The molecule has 2 aromatic heterocycles. The van der Waals surface area contributed by atoms with Crippen LogP contribution in [0.25, 0.3) is 21.6 Å². The van der Waals surface area contributed by atoms with Gasteiger partial charge in [0, 0.05) is 5.56 Å². The monoisotopic (exact) mass is 359 g/mol. The minimum absolute atomic E-state index is 0.510. The predicted octanol–water partition coefficient (Wildman–Crippen LogP) is 5.29. The molecule has 114 valence electrons. The lowest BCUT2D eigenvalue weighted by atomic mass is 10.2. The summed E-state index contributed by atoms with van der Waals surface area (Å²) in [4.78, 5) is 8.98. The second-order valence-electron chi connectivity index (χ2n) is 4.73. The lowest BCUT2D eigenvalue weighted by Gasteiger charge is -1.95. The summed E-state index contributed by atoms with van der Waals surface area (Å²) in [6.45, 7) is 0. The van der Waals surface area contributed by atoms with Crippen molar-refractivity contribution >= 4 is 44.9 Å². The minimum Gasteiger partial charge on any atom is -0.338 e. The second-order valence-corrected chi connectivity index (χ2v) is 7.39. The fourth-order valence-electron chi connectivity index (χ4n) is 2.10. The molecule has 0 aliphatic carbocycles. The predicted molar refractivity (Wildman–Crippen MR) is 93.9 cm³/mol. The zero-order valence-corrected chi connectivity index (χ0v) is 14.2. The van der Waals surface area contributed by atoms with E-state index in [0.717, 1.165) is 15.4 Å². The van der Waals surface area contributed by atoms with Crippen molar-refractivity contribution in [3.8, 4) is 11.4 Å². The number of benzene rings is 2. The summed E-state index contributed by atoms with van der Waals surface area (Å²) in [7, 11) is 0. The molecule has 0 saturated heterocycles. The fourth-order valence-corrected chi connectivity index (χ4v) is 4.23. The van der Waals surface area contributed by atoms with Gasteiger partial charge in [-0.15, -0.1) is 11.3 Å². The maximum atomic E-state index is 6.15. The summed E-state index contributed by atoms with van der Waals surface area (Å²) < 4.78 is 7.47. The van der Waals surface area contributed by atoms with E-state index in [4.69, 9.17) is 16.1 Å². The zero-order chi connectivity index (χ0) is 15.6. The van der Waals surface area contributed by atoms with E-state index in [-0.39, 0.29) is 0 Å². The molecular formula is C16H10ClN3OS2. The van der Waals surface area contributed by atoms with E-state index in [1.54, 1.807) is 23.1 Å². The van der Waals surface area contributed by atoms with E-state index in [0.29, 0.717) is 22.5 Å². The van der Waals surface area contributed by atoms with Crippen molar-refractivity contribution in [1.29, 1.82) is 0 Å². The van der Waals surface area contributed by atoms with Crippen molar-refractivity contribution in [1.82, 2.24) is 15.1 Å². The molecule has 2 heterocycles. The Hall–Kier alpha value is -1.89. The number of halogens is 1. The minimum atomic E-state index is 0.510. The van der Waals surface area contributed by atoms with E-state index in [1.807, 2.05) is 42.5 Å². The van der Waals surface area contributed by atoms with Crippen LogP contribution in [0.2, 0.25) is 5.02 Å². The van der Waals surface area contributed by atoms with Gasteiger partial charge in [0.1, 0.15) is 0 Å². The molecule has 0 fully saturated rings. The highest BCUT2D eigenvalue weighted by Crippen LogP contribution is 2.32. The van der Waals surface area contributed by atoms with E-state index < -0.39 is 0 Å². The third kappa shape index (κ3) is 3.10. The van der Waals surface area contributed by atoms with Gasteiger partial charge in [0.15, 0.2) is 4.34 Å². The van der Waals surface area contributed by atoms with Gasteiger partial charge in [-0.2, -0.15) is 4.98 Å². The summed E-state index contributed by atoms with van der Waals surface area (Å²) in [5.74, 6) is 1.65. The van der Waals surface area contributed by atoms with Crippen LogP contribution in [0.4, 0.5) is 0 Å². The van der Waals surface area contributed by atoms with Crippen LogP contribution < -0.4 is 0 Å². The number of thiazole rings is 1. The molecule has 0 radical (unpaired) electrons. The summed E-state index contributed by atoms with van der Waals surface area (Å²) >= 11 is 9.40. The molecule has 7 heteroatoms. The molecule has 0 unspecified atom stereocenters. The van der Waals surface area contributed by atoms with Gasteiger partial charge in [-0.3, -0.25) is 0 Å². The Balaban J connectivity index is 1.51. The molecule has 4 aromatic rings. The maximum absolute atomic E-state index is 6.15. The first kappa shape index (κ1) is 14.7. The molecule has 4 nitrogen and oxygen atoms in total. The lowest BCUT2D eigenvalue weighted by Crippen LogP contribution is -1.83. The molecule has 0 atom stereocenters. The maximum Gasteiger partial charge on any atom is 0.237 e. The standard InChI is InChI=1S/C16H10ClN3OS2/c17-11-6-2-1-5-10(11)15-19-14(21-20-15)9-22-16-18-12-7-3-4-8-13(12)23-16/h1-8H,9H2. The third-order valence-electron chi connectivity index (χ3n) is 3.18. The smallest absolute Gasteiger partial charge is 0.237 e. The first-order valence-corrected chi connectivity index (χ1v) is 9.03. The van der Waals surface area contributed by atoms with Gasteiger partial charge in [0.05, 0.1) is 21.0 Å². The van der Waals surface area contributed by atoms with Gasteiger partial charge in [-0.1, -0.05) is 52.8 Å². The first-order valence-electron chi connectivity index (χ1n) is 6.85. The van der Waals surface area contributed by atoms with Gasteiger partial charge < -0.3 is 4.52 Å². The van der Waals surface area contributed by atoms with Crippen LogP contribution in [0.5, 0.6) is 0 Å². The number of hydrogen-bond donors (Lipinski definition) is 0. The second kappa shape index (κ2) is 6.31. The Morgan fingerprint density at radius 1 is 1.04 bits per heavy atom. The van der Waals surface area contributed by atoms with Gasteiger partial charge >= 0.3 is 0 Å². The highest BCUT2D eigenvalue weighted by atomic mass is 35.5. The summed E-state index contributed by atoms with van der Waals surface area (Å²) in [5.41, 5.74) is 1.79. The molecule has 23 heavy (non-hydrogen) atoms. The molecule has 2 aromatic carbocycles. The molecular weight excluding hydrogens is 350 g/mol. The van der Waals surface area contributed by atoms with Crippen LogP contribution in [0.3, 0.4) is 0 Å². The number of nitrogens with zero attached hydrogens (tertiary/aromatic N) is 3. The topological polar surface area (TPSA) is 51.8 Å². The van der Waals surface area contributed by atoms with Gasteiger partial charge in [-0.05, 0) is 24.3 Å². The Morgan fingerprint density at radius 2 is 1.87 bits per heavy atom. The Bertz CT molecular complexity index is 934. The highest BCUT2D eigenvalue weighted by Gasteiger charge is 2.12. The quantitative estimate of drug-likeness (QED) is 0.463. The average molecular weight is 360 g/mol. The van der Waals surface area contributed by atoms with Crippen molar-refractivity contribution in [3.63, 3.8) is 0 Å². The molecule has 0 bridgehead atoms. The van der Waals surface area contributed by atoms with Crippen LogP contribution >= 0.6 is 34.7 Å². The lowest BCUT2D eigenvalue weighted by molar-refractivity contribution is 0.391. The number of rotatable bonds is 4. The van der Waals surface area contributed by atoms with Crippen molar-refractivity contribution in [2.75, 3.05) is 0 Å². The number of hydrogen-bond acceptors (Lipinski definition) is 6. The highest BCUT2D eigenvalue weighted by molar-refractivity contribution is 8.00. The third-order valence-corrected chi connectivity index (χ3v) is 5.67. The molecule has 0 aliphatic heterocycles. The van der Waals surface area contributed by atoms with Crippen LogP contribution in [-0.4, -0.2) is 15.1 Å². The Kier molecular flexibility index (Phi) is 4.03. The van der Waals surface area contributed by atoms with Crippen LogP contribution in [0.1, 0.15) is 5.89 Å². The fraction of sp³-hybridized carbons (Fsp3) is 0.0625. The normalized spacial score (nSPS) is 11.2. The van der Waals surface area contributed by atoms with E-state index in [9.17, 15) is 0 Å². The Morgan fingerprint density at radius 3 is 2.74 bits per heavy atom. The molecule has 0 spiro atoms. The molecule has 0 amide bonds. The van der Waals surface area contributed by atoms with Crippen LogP contribution in [0.15, 0.2) is 57.4 Å². The Labute approximate surface area is 145 Å². The zero-order valence-electron chi connectivity index (χ0n) is 11.8. The number of fused-ring (bicyclic) bond motifs is 1. The van der Waals surface area contributed by atoms with E-state index >= 15 is 0 Å². The summed E-state index contributed by atoms with van der Waals surface area (Å²) in [5, 5.41) is 4.61. The van der Waals surface area contributed by atoms with Gasteiger partial charge in [0.25, 0.3) is 0 Å². The van der Waals surface area contributed by atoms with E-state index in [1.165, 1.54) is 4.70 Å². The molecule has 0 aliphatic rings. The molecule has 0 N–H and O–H groups in total. The van der Waals surface area contributed by atoms with Crippen LogP contribution in [-0.2, 0) is 5.75 Å². The number of thioether (sulfide) groups is 1. The first-order chi connectivity index (χ1) is 11.3. The van der Waals surface area contributed by atoms with Crippen molar-refractivity contribution in [3.05, 3.63) is 59.4 Å². The van der Waals surface area contributed by atoms with Gasteiger partial charge in [-0.25, -0.2) is 4.98 Å². The SMILES string of the molecule is Clc1ccccc1-c1noc(CSc2nc3ccccc3s2)n1. The summed E-state index contributed by atoms with van der Waals surface area (Å²) in [6, 6.07) is 15.5. The van der Waals surface area contributed by atoms with Crippen molar-refractivity contribution < 1.29 is 4.52 Å². The number of para-hydroxylation sites is 1. The number of aromatic nitrogens is 3. The van der Waals surface area contributed by atoms with Crippen LogP contribution in [0, 0.1) is 0 Å². The van der Waals surface area contributed by atoms with Gasteiger partial charge in [0.2, 0.25) is 11.7 Å². The average Bonchev–Trinajstić information content (AvgIpc) is 3.19. The molecule has 4 rings (SSSR count).